The Morgan fingerprint density at radius 1 is 1.09 bits per heavy atom. The Kier molecular flexibility index (Phi) is 6.57. The molecule has 1 fully saturated rings. The molecule has 0 unspecified atom stereocenters. The molecule has 0 aliphatic carbocycles. The van der Waals surface area contributed by atoms with Gasteiger partial charge in [0.15, 0.2) is 0 Å². The molecule has 4 aromatic heterocycles. The highest BCUT2D eigenvalue weighted by Gasteiger charge is 2.23. The van der Waals surface area contributed by atoms with Crippen molar-refractivity contribution in [2.24, 2.45) is 0 Å². The van der Waals surface area contributed by atoms with Gasteiger partial charge in [-0.2, -0.15) is 0 Å². The van der Waals surface area contributed by atoms with Crippen LogP contribution in [0.3, 0.4) is 0 Å². The summed E-state index contributed by atoms with van der Waals surface area (Å²) in [5.41, 5.74) is 0.822. The van der Waals surface area contributed by atoms with E-state index >= 15 is 0 Å². The third-order valence-corrected chi connectivity index (χ3v) is 7.32. The first-order valence-electron chi connectivity index (χ1n) is 11.9. The van der Waals surface area contributed by atoms with E-state index in [-0.39, 0.29) is 11.5 Å². The number of rotatable bonds is 8. The number of carbonyl (C=O) groups excluding carboxylic acids is 1. The monoisotopic (exact) mass is 479 g/mol. The first-order valence-corrected chi connectivity index (χ1v) is 12.8. The second-order valence-corrected chi connectivity index (χ2v) is 9.52. The number of aromatic nitrogens is 5. The molecule has 0 radical (unpaired) electrons. The second-order valence-electron chi connectivity index (χ2n) is 8.61. The summed E-state index contributed by atoms with van der Waals surface area (Å²) < 4.78 is 4.41. The number of hydrogen-bond donors (Lipinski definition) is 0. The quantitative estimate of drug-likeness (QED) is 0.361. The summed E-state index contributed by atoms with van der Waals surface area (Å²) >= 11 is 1.45. The van der Waals surface area contributed by atoms with Crippen LogP contribution in [0.25, 0.3) is 16.0 Å². The second kappa shape index (κ2) is 9.92. The Morgan fingerprint density at radius 3 is 2.71 bits per heavy atom. The number of aryl methyl sites for hydroxylation is 2. The number of thiophene rings is 1. The van der Waals surface area contributed by atoms with E-state index < -0.39 is 0 Å². The van der Waals surface area contributed by atoms with Gasteiger partial charge in [-0.1, -0.05) is 25.8 Å². The molecule has 1 saturated heterocycles. The topological polar surface area (TPSA) is 88.6 Å². The third kappa shape index (κ3) is 4.29. The van der Waals surface area contributed by atoms with Crippen molar-refractivity contribution in [2.75, 3.05) is 31.1 Å². The van der Waals surface area contributed by atoms with Gasteiger partial charge in [-0.15, -0.1) is 21.5 Å². The molecule has 1 amide bonds. The molecule has 5 rings (SSSR count). The number of piperazine rings is 1. The average Bonchev–Trinajstić information content (AvgIpc) is 3.53. The van der Waals surface area contributed by atoms with Gasteiger partial charge in [0.05, 0.1) is 5.52 Å². The molecule has 1 aliphatic rings. The lowest BCUT2D eigenvalue weighted by Crippen LogP contribution is -2.49. The van der Waals surface area contributed by atoms with Gasteiger partial charge in [-0.25, -0.2) is 4.98 Å². The lowest BCUT2D eigenvalue weighted by molar-refractivity contribution is -0.131. The Balaban J connectivity index is 1.30. The smallest absolute Gasteiger partial charge is 0.272 e. The van der Waals surface area contributed by atoms with E-state index in [1.54, 1.807) is 10.8 Å². The zero-order valence-corrected chi connectivity index (χ0v) is 20.2. The molecule has 0 N–H and O–H groups in total. The van der Waals surface area contributed by atoms with Crippen LogP contribution in [-0.4, -0.2) is 61.1 Å². The largest absolute Gasteiger partial charge is 0.353 e. The Morgan fingerprint density at radius 2 is 1.94 bits per heavy atom. The first-order chi connectivity index (χ1) is 16.7. The molecular formula is C24H29N7O2S. The molecular weight excluding hydrogens is 450 g/mol. The predicted molar refractivity (Wildman–Crippen MR) is 134 cm³/mol. The van der Waals surface area contributed by atoms with Crippen LogP contribution in [-0.2, 0) is 17.8 Å². The molecule has 9 nitrogen and oxygen atoms in total. The highest BCUT2D eigenvalue weighted by atomic mass is 32.1. The molecule has 178 valence electrons. The van der Waals surface area contributed by atoms with Crippen molar-refractivity contribution in [3.8, 4) is 0 Å². The van der Waals surface area contributed by atoms with Crippen molar-refractivity contribution in [3.63, 3.8) is 0 Å². The van der Waals surface area contributed by atoms with E-state index in [1.165, 1.54) is 11.3 Å². The number of nitrogens with zero attached hydrogens (tertiary/aromatic N) is 7. The van der Waals surface area contributed by atoms with Gasteiger partial charge in [-0.05, 0) is 30.0 Å². The fourth-order valence-electron chi connectivity index (χ4n) is 4.57. The van der Waals surface area contributed by atoms with Gasteiger partial charge in [0, 0.05) is 51.8 Å². The van der Waals surface area contributed by atoms with Gasteiger partial charge in [0.2, 0.25) is 11.7 Å². The first kappa shape index (κ1) is 22.5. The van der Waals surface area contributed by atoms with Crippen LogP contribution < -0.4 is 10.5 Å². The minimum absolute atomic E-state index is 0.00518. The summed E-state index contributed by atoms with van der Waals surface area (Å²) in [7, 11) is 0. The summed E-state index contributed by atoms with van der Waals surface area (Å²) in [6.07, 6.45) is 5.72. The standard InChI is InChI=1S/C24H29N7O2S/c1-2-3-6-12-30-23(33)22-18(10-17-34-22)31-20(26-27-24(30)31)8-9-21(32)29-15-13-28(14-16-29)19-7-4-5-11-25-19/h4-5,7,10-11,17H,2-3,6,8-9,12-16H2,1H3. The summed E-state index contributed by atoms with van der Waals surface area (Å²) in [4.78, 5) is 34.5. The summed E-state index contributed by atoms with van der Waals surface area (Å²) in [5.74, 6) is 2.37. The average molecular weight is 480 g/mol. The lowest BCUT2D eigenvalue weighted by Gasteiger charge is -2.35. The van der Waals surface area contributed by atoms with Crippen molar-refractivity contribution in [1.82, 2.24) is 29.0 Å². The molecule has 0 bridgehead atoms. The molecule has 10 heteroatoms. The lowest BCUT2D eigenvalue weighted by atomic mass is 10.2. The maximum Gasteiger partial charge on any atom is 0.272 e. The zero-order valence-electron chi connectivity index (χ0n) is 19.4. The zero-order chi connectivity index (χ0) is 23.5. The molecule has 4 aromatic rings. The fraction of sp³-hybridized carbons (Fsp3) is 0.458. The van der Waals surface area contributed by atoms with Crippen LogP contribution in [0.4, 0.5) is 5.82 Å². The molecule has 5 heterocycles. The van der Waals surface area contributed by atoms with Crippen LogP contribution in [0, 0.1) is 0 Å². The number of amides is 1. The van der Waals surface area contributed by atoms with Crippen LogP contribution in [0.15, 0.2) is 40.6 Å². The normalized spacial score (nSPS) is 14.4. The van der Waals surface area contributed by atoms with Gasteiger partial charge in [0.25, 0.3) is 5.56 Å². The molecule has 0 spiro atoms. The van der Waals surface area contributed by atoms with Gasteiger partial charge < -0.3 is 9.80 Å². The van der Waals surface area contributed by atoms with E-state index in [0.717, 1.165) is 49.5 Å². The minimum Gasteiger partial charge on any atom is -0.353 e. The third-order valence-electron chi connectivity index (χ3n) is 6.43. The number of fused-ring (bicyclic) bond motifs is 3. The molecule has 0 saturated carbocycles. The Bertz CT molecular complexity index is 1340. The Hall–Kier alpha value is -3.27. The molecule has 0 aromatic carbocycles. The number of hydrogen-bond acceptors (Lipinski definition) is 7. The van der Waals surface area contributed by atoms with E-state index in [4.69, 9.17) is 0 Å². The SMILES string of the molecule is CCCCCn1c(=O)c2sccc2n2c(CCC(=O)N3CCN(c4ccccn4)CC3)nnc12. The summed E-state index contributed by atoms with van der Waals surface area (Å²) in [6.45, 7) is 5.68. The summed E-state index contributed by atoms with van der Waals surface area (Å²) in [5, 5.41) is 10.7. The summed E-state index contributed by atoms with van der Waals surface area (Å²) in [6, 6.07) is 7.83. The van der Waals surface area contributed by atoms with Crippen LogP contribution in [0.5, 0.6) is 0 Å². The van der Waals surface area contributed by atoms with Crippen molar-refractivity contribution >= 4 is 39.1 Å². The number of pyridine rings is 1. The van der Waals surface area contributed by atoms with Crippen molar-refractivity contribution < 1.29 is 4.79 Å². The van der Waals surface area contributed by atoms with Crippen molar-refractivity contribution in [3.05, 3.63) is 52.0 Å². The Labute approximate surface area is 201 Å². The molecule has 0 atom stereocenters. The minimum atomic E-state index is -0.00518. The van der Waals surface area contributed by atoms with Crippen LogP contribution in [0.2, 0.25) is 0 Å². The number of anilines is 1. The van der Waals surface area contributed by atoms with Gasteiger partial charge in [0.1, 0.15) is 16.3 Å². The fourth-order valence-corrected chi connectivity index (χ4v) is 5.39. The number of carbonyl (C=O) groups is 1. The van der Waals surface area contributed by atoms with Crippen molar-refractivity contribution in [2.45, 2.75) is 45.6 Å². The van der Waals surface area contributed by atoms with Crippen LogP contribution in [0.1, 0.15) is 38.4 Å². The van der Waals surface area contributed by atoms with Crippen molar-refractivity contribution in [1.29, 1.82) is 0 Å². The molecule has 1 aliphatic heterocycles. The van der Waals surface area contributed by atoms with Gasteiger partial charge in [-0.3, -0.25) is 18.6 Å². The van der Waals surface area contributed by atoms with E-state index in [0.29, 0.717) is 43.0 Å². The maximum absolute atomic E-state index is 13.0. The molecule has 34 heavy (non-hydrogen) atoms. The highest BCUT2D eigenvalue weighted by Crippen LogP contribution is 2.21. The van der Waals surface area contributed by atoms with Gasteiger partial charge >= 0.3 is 0 Å². The highest BCUT2D eigenvalue weighted by molar-refractivity contribution is 7.17. The van der Waals surface area contributed by atoms with E-state index in [9.17, 15) is 9.59 Å². The van der Waals surface area contributed by atoms with E-state index in [2.05, 4.69) is 27.0 Å². The maximum atomic E-state index is 13.0. The van der Waals surface area contributed by atoms with E-state index in [1.807, 2.05) is 38.9 Å². The van der Waals surface area contributed by atoms with Crippen LogP contribution >= 0.6 is 11.3 Å². The number of unbranched alkanes of at least 4 members (excludes halogenated alkanes) is 2. The predicted octanol–water partition coefficient (Wildman–Crippen LogP) is 2.97.